The zero-order valence-corrected chi connectivity index (χ0v) is 59.8. The Labute approximate surface area is 600 Å². The summed E-state index contributed by atoms with van der Waals surface area (Å²) in [4.78, 5) is 188. The number of amides is 9. The minimum Gasteiger partial charge on any atom is -0.480 e. The van der Waals surface area contributed by atoms with E-state index in [4.69, 9.17) is 10.5 Å². The number of nitrogens with two attached hydrogens (primary N) is 1. The van der Waals surface area contributed by atoms with E-state index in [9.17, 15) is 82.8 Å². The number of thioether (sulfide) groups is 3. The molecular formula is C67H97N13O18S3. The number of nitrogens with zero attached hydrogens (tertiary/aromatic N) is 7. The van der Waals surface area contributed by atoms with Gasteiger partial charge in [-0.05, 0) is 67.2 Å². The first-order valence-electron chi connectivity index (χ1n) is 34.0. The minimum absolute atomic E-state index is 0.0268. The third-order valence-electron chi connectivity index (χ3n) is 17.4. The van der Waals surface area contributed by atoms with Crippen molar-refractivity contribution in [3.8, 4) is 0 Å². The molecule has 0 aromatic heterocycles. The van der Waals surface area contributed by atoms with Crippen LogP contribution in [-0.2, 0) is 90.7 Å². The van der Waals surface area contributed by atoms with Crippen LogP contribution in [0, 0.1) is 5.92 Å². The largest absolute Gasteiger partial charge is 0.480 e. The molecule has 34 heteroatoms. The molecule has 101 heavy (non-hydrogen) atoms. The number of nitrogens with one attached hydrogen (secondary N) is 5. The van der Waals surface area contributed by atoms with Crippen LogP contribution in [0.5, 0.6) is 0 Å². The number of ether oxygens (including phenoxy) is 1. The number of rotatable bonds is 25. The fourth-order valence-corrected chi connectivity index (χ4v) is 15.0. The first-order chi connectivity index (χ1) is 48.4. The zero-order chi connectivity index (χ0) is 73.4. The number of primary amides is 1. The molecule has 9 amide bonds. The summed E-state index contributed by atoms with van der Waals surface area (Å²) in [5.74, 6) is -9.80. The first-order valence-corrected chi connectivity index (χ1v) is 37.5. The fourth-order valence-electron chi connectivity index (χ4n) is 12.2. The van der Waals surface area contributed by atoms with Gasteiger partial charge in [-0.15, -0.1) is 0 Å². The van der Waals surface area contributed by atoms with E-state index in [0.29, 0.717) is 55.1 Å². The van der Waals surface area contributed by atoms with E-state index in [2.05, 4.69) is 31.6 Å². The summed E-state index contributed by atoms with van der Waals surface area (Å²) in [5, 5.41) is 53.0. The topological polar surface area (TPSA) is 430 Å². The van der Waals surface area contributed by atoms with Gasteiger partial charge in [-0.3, -0.25) is 77.1 Å². The summed E-state index contributed by atoms with van der Waals surface area (Å²) in [6, 6.07) is 6.89. The van der Waals surface area contributed by atoms with Crippen molar-refractivity contribution < 1.29 is 87.5 Å². The predicted octanol–water partition coefficient (Wildman–Crippen LogP) is -0.444. The molecule has 4 aliphatic heterocycles. The molecule has 11 N–H and O–H groups in total. The molecule has 2 aromatic carbocycles. The number of carboxylic acids is 4. The van der Waals surface area contributed by atoms with Gasteiger partial charge in [0.25, 0.3) is 0 Å². The number of carboxylic acid groups (broad SMARTS) is 4. The second-order valence-corrected chi connectivity index (χ2v) is 28.5. The van der Waals surface area contributed by atoms with Crippen LogP contribution in [0.1, 0.15) is 87.0 Å². The number of hydrogen-bond donors (Lipinski definition) is 10. The van der Waals surface area contributed by atoms with Gasteiger partial charge < -0.3 is 67.3 Å². The summed E-state index contributed by atoms with van der Waals surface area (Å²) in [7, 11) is 1.51. The first kappa shape index (κ1) is 82.2. The molecule has 2 bridgehead atoms. The number of methoxy groups -OCH3 is 1. The van der Waals surface area contributed by atoms with Crippen molar-refractivity contribution in [3.05, 3.63) is 70.8 Å². The summed E-state index contributed by atoms with van der Waals surface area (Å²) in [5.41, 5.74) is 8.57. The molecule has 31 nitrogen and oxygen atoms in total. The maximum Gasteiger partial charge on any atom is 0.327 e. The van der Waals surface area contributed by atoms with Crippen LogP contribution in [0.3, 0.4) is 0 Å². The Morgan fingerprint density at radius 2 is 1.16 bits per heavy atom. The Balaban J connectivity index is 1.26. The summed E-state index contributed by atoms with van der Waals surface area (Å²) in [6.07, 6.45) is 2.45. The second kappa shape index (κ2) is 43.3. The molecule has 0 saturated carbocycles. The third kappa shape index (κ3) is 28.9. The maximum absolute atomic E-state index is 14.9. The molecule has 3 saturated heterocycles. The van der Waals surface area contributed by atoms with E-state index in [0.717, 1.165) is 16.7 Å². The number of benzene rings is 2. The molecule has 7 atom stereocenters. The highest BCUT2D eigenvalue weighted by molar-refractivity contribution is 7.99. The average Bonchev–Trinajstić information content (AvgIpc) is 1.68. The molecule has 0 spiro atoms. The lowest BCUT2D eigenvalue weighted by atomic mass is 10.0. The van der Waals surface area contributed by atoms with Crippen LogP contribution in [-0.4, -0.2) is 298 Å². The van der Waals surface area contributed by atoms with Gasteiger partial charge in [0.15, 0.2) is 0 Å². The molecule has 0 aliphatic carbocycles. The Morgan fingerprint density at radius 1 is 0.634 bits per heavy atom. The van der Waals surface area contributed by atoms with Crippen LogP contribution < -0.4 is 32.3 Å². The van der Waals surface area contributed by atoms with Crippen LogP contribution in [0.25, 0.3) is 0 Å². The van der Waals surface area contributed by atoms with E-state index in [1.807, 2.05) is 23.1 Å². The summed E-state index contributed by atoms with van der Waals surface area (Å²) >= 11 is 4.12. The minimum atomic E-state index is -1.48. The number of aliphatic carboxylic acids is 4. The molecule has 1 unspecified atom stereocenters. The van der Waals surface area contributed by atoms with Gasteiger partial charge in [0.2, 0.25) is 53.2 Å². The quantitative estimate of drug-likeness (QED) is 0.0445. The number of carbonyl (C=O) groups excluding carboxylic acids is 9. The molecule has 4 heterocycles. The predicted molar refractivity (Wildman–Crippen MR) is 378 cm³/mol. The van der Waals surface area contributed by atoms with Gasteiger partial charge in [-0.25, -0.2) is 9.79 Å². The monoisotopic (exact) mass is 1470 g/mol. The molecule has 4 aliphatic rings. The molecule has 0 radical (unpaired) electrons. The standard InChI is InChI=1S/C67H97N13O18S3/c1-3-49-61(90)72-50(15-16-55(68)81)62(91)73-51(33-44-10-5-4-6-11-44)63(92)74-52(67(96)97)43-101-41-47-31-45(39-99-29-17-69-57(83)35-75-20-22-76(36-58(84)85)24-26-78(38-60(88)89)27-25-77(23-21-75)37-59(86)87)30-46(32-47)40-100-42-48(34-70-56(82)14-9-28-98-2)65(94)80-19-8-13-54(80)66(95)79-18-7-12-53(79)64(93)71-49/h4-6,10-11,30-32,34,48-54H,3,7-9,12-29,33,35-43H2,1-2H3,(H2,68,81)(H,69,83)(H,71,93)(H,72,90)(H,73,91)(H,74,92)(H,84,85)(H,86,87)(H,88,89)(H,96,97)/b70-34+/t48?,49-,50-,51-,52-,53-,54-/m0/s1. The van der Waals surface area contributed by atoms with Crippen molar-refractivity contribution in [1.82, 2.24) is 56.0 Å². The van der Waals surface area contributed by atoms with Gasteiger partial charge >= 0.3 is 23.9 Å². The molecule has 3 fully saturated rings. The second-order valence-electron chi connectivity index (χ2n) is 25.3. The number of carbonyl (C=O) groups is 13. The highest BCUT2D eigenvalue weighted by atomic mass is 32.2. The van der Waals surface area contributed by atoms with Gasteiger partial charge in [0.05, 0.1) is 32.1 Å². The van der Waals surface area contributed by atoms with E-state index < -0.39 is 113 Å². The van der Waals surface area contributed by atoms with E-state index in [1.165, 1.54) is 58.4 Å². The highest BCUT2D eigenvalue weighted by Crippen LogP contribution is 2.29. The van der Waals surface area contributed by atoms with Gasteiger partial charge in [0, 0.05) is 146 Å². The smallest absolute Gasteiger partial charge is 0.327 e. The Bertz CT molecular complexity index is 3180. The number of aliphatic imine (C=N–C) groups is 1. The normalized spacial score (nSPS) is 23.2. The average molecular weight is 1470 g/mol. The summed E-state index contributed by atoms with van der Waals surface area (Å²) < 4.78 is 5.12. The maximum atomic E-state index is 14.9. The van der Waals surface area contributed by atoms with Crippen LogP contribution in [0.4, 0.5) is 0 Å². The highest BCUT2D eigenvalue weighted by Gasteiger charge is 2.44. The lowest BCUT2D eigenvalue weighted by Crippen LogP contribution is -2.59. The van der Waals surface area contributed by atoms with Gasteiger partial charge in [-0.2, -0.15) is 35.3 Å². The molecule has 6 rings (SSSR count). The SMILES string of the molecule is CC[C@@H]1NC(=O)[C@@H]2CCCN2C(=O)[C@@H]2CCCN2C(=O)C(/C=N/C(=O)CCCOC)CSCc2cc(CSCCNC(=O)CN3CCN(CC(=O)O)CCN(CC(=O)O)CCN(CC(=O)O)CC3)cc(c2)CSC[C@@H](C(=O)O)NC(=O)[C@H](Cc2ccccc2)NC(=O)[C@H](CCC(N)=O)NC1=O. The van der Waals surface area contributed by atoms with Crippen molar-refractivity contribution in [1.29, 1.82) is 0 Å². The fraction of sp³-hybridized carbons (Fsp3) is 0.612. The number of fused-ring (bicyclic) bond motifs is 4. The van der Waals surface area contributed by atoms with Crippen molar-refractivity contribution in [2.24, 2.45) is 16.6 Å². The van der Waals surface area contributed by atoms with E-state index in [-0.39, 0.29) is 160 Å². The van der Waals surface area contributed by atoms with Crippen LogP contribution >= 0.6 is 35.3 Å². The van der Waals surface area contributed by atoms with E-state index in [1.54, 1.807) is 52.0 Å². The molecular weight excluding hydrogens is 1370 g/mol. The number of hydrogen-bond acceptors (Lipinski definition) is 21. The van der Waals surface area contributed by atoms with E-state index >= 15 is 0 Å². The lowest BCUT2D eigenvalue weighted by Gasteiger charge is -2.32. The van der Waals surface area contributed by atoms with Crippen LogP contribution in [0.2, 0.25) is 0 Å². The van der Waals surface area contributed by atoms with Gasteiger partial charge in [-0.1, -0.05) is 55.5 Å². The van der Waals surface area contributed by atoms with Crippen molar-refractivity contribution in [2.45, 2.75) is 125 Å². The van der Waals surface area contributed by atoms with Crippen LogP contribution in [0.15, 0.2) is 53.5 Å². The van der Waals surface area contributed by atoms with Crippen molar-refractivity contribution in [2.75, 3.05) is 129 Å². The molecule has 556 valence electrons. The third-order valence-corrected chi connectivity index (χ3v) is 20.7. The zero-order valence-electron chi connectivity index (χ0n) is 57.3. The van der Waals surface area contributed by atoms with Crippen molar-refractivity contribution in [3.63, 3.8) is 0 Å². The Kier molecular flexibility index (Phi) is 35.2. The lowest BCUT2D eigenvalue weighted by molar-refractivity contribution is -0.147. The Morgan fingerprint density at radius 3 is 1.71 bits per heavy atom. The molecule has 2 aromatic rings. The summed E-state index contributed by atoms with van der Waals surface area (Å²) in [6.45, 7) is 3.47. The van der Waals surface area contributed by atoms with Gasteiger partial charge in [0.1, 0.15) is 36.3 Å². The Hall–Kier alpha value is -7.73. The van der Waals surface area contributed by atoms with Crippen molar-refractivity contribution >= 4 is 119 Å².